The highest BCUT2D eigenvalue weighted by Gasteiger charge is 2.03. The van der Waals surface area contributed by atoms with Crippen molar-refractivity contribution in [2.75, 3.05) is 6.61 Å². The third kappa shape index (κ3) is 3.77. The predicted molar refractivity (Wildman–Crippen MR) is 57.2 cm³/mol. The smallest absolute Gasteiger partial charge is 0.0585 e. The molecule has 0 aliphatic heterocycles. The summed E-state index contributed by atoms with van der Waals surface area (Å²) in [5.41, 5.74) is 8.08. The second-order valence-corrected chi connectivity index (χ2v) is 3.07. The molecule has 0 fully saturated rings. The molecule has 13 heavy (non-hydrogen) atoms. The van der Waals surface area contributed by atoms with Crippen LogP contribution >= 0.6 is 12.4 Å². The van der Waals surface area contributed by atoms with Crippen LogP contribution in [-0.2, 0) is 6.42 Å². The third-order valence-electron chi connectivity index (χ3n) is 1.98. The summed E-state index contributed by atoms with van der Waals surface area (Å²) in [7, 11) is 0. The van der Waals surface area contributed by atoms with E-state index in [1.807, 2.05) is 18.2 Å². The van der Waals surface area contributed by atoms with Gasteiger partial charge in [-0.05, 0) is 24.5 Å². The van der Waals surface area contributed by atoms with Crippen molar-refractivity contribution in [3.05, 3.63) is 35.4 Å². The Kier molecular flexibility index (Phi) is 5.71. The van der Waals surface area contributed by atoms with Crippen molar-refractivity contribution in [1.29, 1.82) is 0 Å². The number of rotatable bonds is 3. The minimum Gasteiger partial charge on any atom is -0.395 e. The summed E-state index contributed by atoms with van der Waals surface area (Å²) >= 11 is 0. The van der Waals surface area contributed by atoms with Crippen molar-refractivity contribution < 1.29 is 5.11 Å². The molecule has 0 heterocycles. The first kappa shape index (κ1) is 12.4. The minimum atomic E-state index is -0.133. The average Bonchev–Trinajstić information content (AvgIpc) is 2.09. The molecule has 1 aromatic rings. The second-order valence-electron chi connectivity index (χ2n) is 3.07. The molecule has 1 atom stereocenters. The SMILES string of the molecule is Cc1ccccc1CC(N)CO.Cl. The van der Waals surface area contributed by atoms with E-state index in [1.54, 1.807) is 0 Å². The highest BCUT2D eigenvalue weighted by Crippen LogP contribution is 2.08. The lowest BCUT2D eigenvalue weighted by Gasteiger charge is -2.09. The Morgan fingerprint density at radius 1 is 1.38 bits per heavy atom. The summed E-state index contributed by atoms with van der Waals surface area (Å²) in [6, 6.07) is 7.96. The van der Waals surface area contributed by atoms with E-state index in [0.29, 0.717) is 0 Å². The maximum Gasteiger partial charge on any atom is 0.0585 e. The third-order valence-corrected chi connectivity index (χ3v) is 1.98. The molecule has 2 nitrogen and oxygen atoms in total. The highest BCUT2D eigenvalue weighted by molar-refractivity contribution is 5.85. The Balaban J connectivity index is 0.00000144. The zero-order valence-electron chi connectivity index (χ0n) is 7.73. The van der Waals surface area contributed by atoms with Gasteiger partial charge in [-0.2, -0.15) is 0 Å². The van der Waals surface area contributed by atoms with Crippen LogP contribution in [0.15, 0.2) is 24.3 Å². The van der Waals surface area contributed by atoms with Gasteiger partial charge in [0, 0.05) is 6.04 Å². The predicted octanol–water partition coefficient (Wildman–Crippen LogP) is 1.28. The fraction of sp³-hybridized carbons (Fsp3) is 0.400. The Hall–Kier alpha value is -0.570. The number of halogens is 1. The topological polar surface area (TPSA) is 46.2 Å². The minimum absolute atomic E-state index is 0. The molecule has 0 bridgehead atoms. The lowest BCUT2D eigenvalue weighted by atomic mass is 10.0. The molecule has 0 aromatic heterocycles. The molecule has 0 saturated carbocycles. The lowest BCUT2D eigenvalue weighted by molar-refractivity contribution is 0.265. The molecule has 0 amide bonds. The van der Waals surface area contributed by atoms with Crippen LogP contribution in [0, 0.1) is 6.92 Å². The van der Waals surface area contributed by atoms with Crippen molar-refractivity contribution >= 4 is 12.4 Å². The Bertz CT molecular complexity index is 252. The molecule has 0 radical (unpaired) electrons. The van der Waals surface area contributed by atoms with Crippen molar-refractivity contribution in [2.24, 2.45) is 5.73 Å². The number of hydrogen-bond acceptors (Lipinski definition) is 2. The molecular formula is C10H16ClNO. The average molecular weight is 202 g/mol. The number of aliphatic hydroxyl groups excluding tert-OH is 1. The van der Waals surface area contributed by atoms with Gasteiger partial charge in [0.2, 0.25) is 0 Å². The van der Waals surface area contributed by atoms with E-state index in [1.165, 1.54) is 11.1 Å². The van der Waals surface area contributed by atoms with Gasteiger partial charge in [0.25, 0.3) is 0 Å². The van der Waals surface area contributed by atoms with Crippen LogP contribution in [0.4, 0.5) is 0 Å². The Morgan fingerprint density at radius 2 is 2.00 bits per heavy atom. The number of nitrogens with two attached hydrogens (primary N) is 1. The van der Waals surface area contributed by atoms with Gasteiger partial charge in [-0.3, -0.25) is 0 Å². The molecule has 1 unspecified atom stereocenters. The number of aryl methyl sites for hydroxylation is 1. The summed E-state index contributed by atoms with van der Waals surface area (Å²) in [5.74, 6) is 0. The summed E-state index contributed by atoms with van der Waals surface area (Å²) in [4.78, 5) is 0. The summed E-state index contributed by atoms with van der Waals surface area (Å²) < 4.78 is 0. The summed E-state index contributed by atoms with van der Waals surface area (Å²) in [5, 5.41) is 8.76. The normalized spacial score (nSPS) is 11.9. The van der Waals surface area contributed by atoms with Crippen LogP contribution in [-0.4, -0.2) is 17.8 Å². The van der Waals surface area contributed by atoms with E-state index < -0.39 is 0 Å². The van der Waals surface area contributed by atoms with Gasteiger partial charge in [-0.1, -0.05) is 24.3 Å². The quantitative estimate of drug-likeness (QED) is 0.774. The lowest BCUT2D eigenvalue weighted by Crippen LogP contribution is -2.27. The monoisotopic (exact) mass is 201 g/mol. The van der Waals surface area contributed by atoms with Gasteiger partial charge in [0.05, 0.1) is 6.61 Å². The van der Waals surface area contributed by atoms with E-state index in [0.717, 1.165) is 6.42 Å². The van der Waals surface area contributed by atoms with Gasteiger partial charge in [-0.15, -0.1) is 12.4 Å². The van der Waals surface area contributed by atoms with Crippen LogP contribution in [0.1, 0.15) is 11.1 Å². The molecule has 1 aromatic carbocycles. The van der Waals surface area contributed by atoms with E-state index in [9.17, 15) is 0 Å². The maximum atomic E-state index is 8.76. The van der Waals surface area contributed by atoms with Gasteiger partial charge >= 0.3 is 0 Å². The molecule has 0 saturated heterocycles. The highest BCUT2D eigenvalue weighted by atomic mass is 35.5. The Morgan fingerprint density at radius 3 is 2.54 bits per heavy atom. The first-order valence-corrected chi connectivity index (χ1v) is 4.15. The zero-order chi connectivity index (χ0) is 8.97. The Labute approximate surface area is 85.2 Å². The van der Waals surface area contributed by atoms with Crippen molar-refractivity contribution in [3.8, 4) is 0 Å². The van der Waals surface area contributed by atoms with Crippen LogP contribution < -0.4 is 5.73 Å². The van der Waals surface area contributed by atoms with E-state index in [4.69, 9.17) is 10.8 Å². The fourth-order valence-electron chi connectivity index (χ4n) is 1.19. The van der Waals surface area contributed by atoms with Crippen LogP contribution in [0.5, 0.6) is 0 Å². The largest absolute Gasteiger partial charge is 0.395 e. The van der Waals surface area contributed by atoms with E-state index >= 15 is 0 Å². The van der Waals surface area contributed by atoms with E-state index in [-0.39, 0.29) is 25.1 Å². The van der Waals surface area contributed by atoms with Crippen molar-refractivity contribution in [3.63, 3.8) is 0 Å². The standard InChI is InChI=1S/C10H15NO.ClH/c1-8-4-2-3-5-9(8)6-10(11)7-12;/h2-5,10,12H,6-7,11H2,1H3;1H. The first-order valence-electron chi connectivity index (χ1n) is 4.15. The van der Waals surface area contributed by atoms with Crippen molar-refractivity contribution in [2.45, 2.75) is 19.4 Å². The van der Waals surface area contributed by atoms with Gasteiger partial charge < -0.3 is 10.8 Å². The zero-order valence-corrected chi connectivity index (χ0v) is 8.55. The molecule has 0 aliphatic carbocycles. The number of hydrogen-bond donors (Lipinski definition) is 2. The molecule has 74 valence electrons. The van der Waals surface area contributed by atoms with E-state index in [2.05, 4.69) is 13.0 Å². The van der Waals surface area contributed by atoms with Crippen LogP contribution in [0.25, 0.3) is 0 Å². The number of benzene rings is 1. The summed E-state index contributed by atoms with van der Waals surface area (Å²) in [6.45, 7) is 2.10. The van der Waals surface area contributed by atoms with Crippen LogP contribution in [0.3, 0.4) is 0 Å². The molecule has 0 aliphatic rings. The number of aliphatic hydroxyl groups is 1. The fourth-order valence-corrected chi connectivity index (χ4v) is 1.19. The van der Waals surface area contributed by atoms with Crippen LogP contribution in [0.2, 0.25) is 0 Å². The molecule has 1 rings (SSSR count). The second kappa shape index (κ2) is 5.97. The molecule has 3 N–H and O–H groups in total. The molecule has 3 heteroatoms. The molecule has 0 spiro atoms. The maximum absolute atomic E-state index is 8.76. The molecular weight excluding hydrogens is 186 g/mol. The van der Waals surface area contributed by atoms with Gasteiger partial charge in [-0.25, -0.2) is 0 Å². The van der Waals surface area contributed by atoms with Gasteiger partial charge in [0.1, 0.15) is 0 Å². The van der Waals surface area contributed by atoms with Crippen molar-refractivity contribution in [1.82, 2.24) is 0 Å². The first-order chi connectivity index (χ1) is 5.74. The van der Waals surface area contributed by atoms with Gasteiger partial charge in [0.15, 0.2) is 0 Å². The summed E-state index contributed by atoms with van der Waals surface area (Å²) in [6.07, 6.45) is 0.753.